The summed E-state index contributed by atoms with van der Waals surface area (Å²) in [6.45, 7) is 1.97. The van der Waals surface area contributed by atoms with E-state index in [0.717, 1.165) is 11.1 Å². The van der Waals surface area contributed by atoms with E-state index in [9.17, 15) is 9.59 Å². The van der Waals surface area contributed by atoms with E-state index in [1.54, 1.807) is 36.4 Å². The van der Waals surface area contributed by atoms with Gasteiger partial charge in [-0.25, -0.2) is 4.79 Å². The van der Waals surface area contributed by atoms with E-state index in [1.807, 2.05) is 66.7 Å². The van der Waals surface area contributed by atoms with Gasteiger partial charge in [0.05, 0.1) is 5.56 Å². The van der Waals surface area contributed by atoms with Gasteiger partial charge in [-0.1, -0.05) is 78.9 Å². The summed E-state index contributed by atoms with van der Waals surface area (Å²) in [7, 11) is 0. The molecule has 0 aromatic heterocycles. The fraction of sp³-hybridized carbons (Fsp3) is 0.103. The van der Waals surface area contributed by atoms with Crippen molar-refractivity contribution >= 4 is 11.8 Å². The number of ketones is 1. The second kappa shape index (κ2) is 11.0. The fourth-order valence-corrected chi connectivity index (χ4v) is 3.40. The van der Waals surface area contributed by atoms with Gasteiger partial charge in [0.1, 0.15) is 36.0 Å². The Kier molecular flexibility index (Phi) is 7.35. The molecule has 170 valence electrons. The quantitative estimate of drug-likeness (QED) is 0.170. The lowest BCUT2D eigenvalue weighted by Crippen LogP contribution is -2.12. The number of benzene rings is 4. The molecule has 0 saturated carbocycles. The van der Waals surface area contributed by atoms with E-state index >= 15 is 0 Å². The lowest BCUT2D eigenvalue weighted by Gasteiger charge is -2.17. The molecule has 0 aliphatic heterocycles. The molecule has 4 aromatic rings. The molecular formula is C29H24O5. The molecule has 5 heteroatoms. The Hall–Kier alpha value is -4.38. The smallest absolute Gasteiger partial charge is 0.343 e. The third-order valence-electron chi connectivity index (χ3n) is 5.09. The summed E-state index contributed by atoms with van der Waals surface area (Å²) in [5, 5.41) is 0. The zero-order valence-corrected chi connectivity index (χ0v) is 18.8. The summed E-state index contributed by atoms with van der Waals surface area (Å²) in [6, 6.07) is 31.1. The monoisotopic (exact) mass is 452 g/mol. The Balaban J connectivity index is 1.67. The molecule has 0 radical (unpaired) electrons. The third-order valence-corrected chi connectivity index (χ3v) is 5.09. The van der Waals surface area contributed by atoms with Crippen LogP contribution in [0.15, 0.2) is 103 Å². The molecule has 4 aromatic carbocycles. The van der Waals surface area contributed by atoms with Crippen molar-refractivity contribution in [3.63, 3.8) is 0 Å². The highest BCUT2D eigenvalue weighted by atomic mass is 16.5. The van der Waals surface area contributed by atoms with Crippen LogP contribution in [0.2, 0.25) is 0 Å². The predicted octanol–water partition coefficient (Wildman–Crippen LogP) is 6.27. The molecule has 0 fully saturated rings. The average Bonchev–Trinajstić information content (AvgIpc) is 2.87. The topological polar surface area (TPSA) is 61.8 Å². The highest BCUT2D eigenvalue weighted by Gasteiger charge is 2.21. The van der Waals surface area contributed by atoms with Gasteiger partial charge in [-0.15, -0.1) is 0 Å². The Morgan fingerprint density at radius 3 is 1.71 bits per heavy atom. The summed E-state index contributed by atoms with van der Waals surface area (Å²) in [5.41, 5.74) is 2.48. The maximum atomic E-state index is 12.8. The van der Waals surface area contributed by atoms with Gasteiger partial charge in [0.2, 0.25) is 0 Å². The molecule has 0 amide bonds. The largest absolute Gasteiger partial charge is 0.489 e. The zero-order valence-electron chi connectivity index (χ0n) is 18.8. The van der Waals surface area contributed by atoms with Crippen LogP contribution in [0.25, 0.3) is 0 Å². The van der Waals surface area contributed by atoms with Crippen molar-refractivity contribution in [2.45, 2.75) is 20.1 Å². The van der Waals surface area contributed by atoms with Crippen molar-refractivity contribution in [3.8, 4) is 17.2 Å². The molecule has 0 bridgehead atoms. The molecule has 0 unspecified atom stereocenters. The van der Waals surface area contributed by atoms with Crippen molar-refractivity contribution in [2.24, 2.45) is 0 Å². The number of hydrogen-bond donors (Lipinski definition) is 0. The number of hydrogen-bond acceptors (Lipinski definition) is 5. The number of carbonyl (C=O) groups is 2. The average molecular weight is 453 g/mol. The minimum Gasteiger partial charge on any atom is -0.489 e. The van der Waals surface area contributed by atoms with Gasteiger partial charge in [0.25, 0.3) is 0 Å². The van der Waals surface area contributed by atoms with Crippen LogP contribution in [-0.4, -0.2) is 11.8 Å². The molecule has 0 atom stereocenters. The Morgan fingerprint density at radius 2 is 1.15 bits per heavy atom. The minimum atomic E-state index is -0.572. The zero-order chi connectivity index (χ0) is 23.8. The van der Waals surface area contributed by atoms with Gasteiger partial charge < -0.3 is 14.2 Å². The van der Waals surface area contributed by atoms with Crippen molar-refractivity contribution < 1.29 is 23.8 Å². The summed E-state index contributed by atoms with van der Waals surface area (Å²) in [6.07, 6.45) is 0. The first-order valence-corrected chi connectivity index (χ1v) is 10.9. The van der Waals surface area contributed by atoms with E-state index in [0.29, 0.717) is 17.9 Å². The molecule has 4 rings (SSSR count). The highest BCUT2D eigenvalue weighted by molar-refractivity contribution is 6.01. The van der Waals surface area contributed by atoms with Crippen molar-refractivity contribution in [2.75, 3.05) is 0 Å². The van der Waals surface area contributed by atoms with Crippen LogP contribution in [0.1, 0.15) is 38.8 Å². The Bertz CT molecular complexity index is 1250. The summed E-state index contributed by atoms with van der Waals surface area (Å²) in [5.74, 6) is -0.0496. The fourth-order valence-electron chi connectivity index (χ4n) is 3.40. The second-order valence-corrected chi connectivity index (χ2v) is 7.65. The van der Waals surface area contributed by atoms with Crippen molar-refractivity contribution in [3.05, 3.63) is 125 Å². The van der Waals surface area contributed by atoms with Crippen LogP contribution in [0.3, 0.4) is 0 Å². The summed E-state index contributed by atoms with van der Waals surface area (Å²) in [4.78, 5) is 25.3. The molecule has 0 aliphatic rings. The Morgan fingerprint density at radius 1 is 0.647 bits per heavy atom. The van der Waals surface area contributed by atoms with Crippen LogP contribution >= 0.6 is 0 Å². The lowest BCUT2D eigenvalue weighted by molar-refractivity contribution is 0.0731. The maximum Gasteiger partial charge on any atom is 0.343 e. The number of ether oxygens (including phenoxy) is 3. The maximum absolute atomic E-state index is 12.8. The predicted molar refractivity (Wildman–Crippen MR) is 129 cm³/mol. The highest BCUT2D eigenvalue weighted by Crippen LogP contribution is 2.36. The van der Waals surface area contributed by atoms with Crippen LogP contribution in [-0.2, 0) is 13.2 Å². The standard InChI is InChI=1S/C29H24O5/c1-21(30)28-26(33-20-23-13-7-3-8-14-23)17-25(32-19-22-11-5-2-6-12-22)18-27(28)34-29(31)24-15-9-4-10-16-24/h2-18H,19-20H2,1H3. The third kappa shape index (κ3) is 5.90. The van der Waals surface area contributed by atoms with Crippen molar-refractivity contribution in [1.82, 2.24) is 0 Å². The number of esters is 1. The molecule has 0 heterocycles. The van der Waals surface area contributed by atoms with Crippen LogP contribution in [0.5, 0.6) is 17.2 Å². The Labute approximate surface area is 198 Å². The molecule has 0 aliphatic carbocycles. The number of carbonyl (C=O) groups excluding carboxylic acids is 2. The SMILES string of the molecule is CC(=O)c1c(OCc2ccccc2)cc(OCc2ccccc2)cc1OC(=O)c1ccccc1. The summed E-state index contributed by atoms with van der Waals surface area (Å²) >= 11 is 0. The van der Waals surface area contributed by atoms with E-state index in [2.05, 4.69) is 0 Å². The van der Waals surface area contributed by atoms with Gasteiger partial charge >= 0.3 is 5.97 Å². The normalized spacial score (nSPS) is 10.4. The lowest BCUT2D eigenvalue weighted by atomic mass is 10.1. The van der Waals surface area contributed by atoms with E-state index in [4.69, 9.17) is 14.2 Å². The van der Waals surface area contributed by atoms with Gasteiger partial charge in [0, 0.05) is 12.1 Å². The molecule has 34 heavy (non-hydrogen) atoms. The molecular weight excluding hydrogens is 428 g/mol. The van der Waals surface area contributed by atoms with Crippen LogP contribution in [0, 0.1) is 0 Å². The summed E-state index contributed by atoms with van der Waals surface area (Å²) < 4.78 is 17.6. The number of Topliss-reactive ketones (excluding diaryl/α,β-unsaturated/α-hetero) is 1. The van der Waals surface area contributed by atoms with Gasteiger partial charge in [-0.05, 0) is 30.2 Å². The van der Waals surface area contributed by atoms with E-state index in [-0.39, 0.29) is 29.5 Å². The number of rotatable bonds is 9. The van der Waals surface area contributed by atoms with Crippen molar-refractivity contribution in [1.29, 1.82) is 0 Å². The first-order valence-electron chi connectivity index (χ1n) is 10.9. The van der Waals surface area contributed by atoms with E-state index in [1.165, 1.54) is 6.92 Å². The second-order valence-electron chi connectivity index (χ2n) is 7.65. The van der Waals surface area contributed by atoms with Gasteiger partial charge in [0.15, 0.2) is 5.78 Å². The molecule has 0 saturated heterocycles. The van der Waals surface area contributed by atoms with Crippen LogP contribution < -0.4 is 14.2 Å². The van der Waals surface area contributed by atoms with Crippen LogP contribution in [0.4, 0.5) is 0 Å². The molecule has 0 N–H and O–H groups in total. The molecule has 5 nitrogen and oxygen atoms in total. The minimum absolute atomic E-state index is 0.0926. The van der Waals surface area contributed by atoms with Gasteiger partial charge in [-0.3, -0.25) is 4.79 Å². The first-order chi connectivity index (χ1) is 16.6. The van der Waals surface area contributed by atoms with Gasteiger partial charge in [-0.2, -0.15) is 0 Å². The van der Waals surface area contributed by atoms with E-state index < -0.39 is 5.97 Å². The molecule has 0 spiro atoms. The first kappa shape index (κ1) is 22.8.